The molecule has 0 heterocycles. The molecule has 0 aromatic heterocycles. The topological polar surface area (TPSA) is 23.8 Å². The molecule has 0 unspecified atom stereocenters. The minimum Gasteiger partial charge on any atom is -0.198 e. The van der Waals surface area contributed by atoms with Gasteiger partial charge in [-0.15, -0.1) is 0 Å². The number of nitriles is 1. The Bertz CT molecular complexity index is 465. The lowest BCUT2D eigenvalue weighted by molar-refractivity contribution is 0.0649. The van der Waals surface area contributed by atoms with E-state index in [9.17, 15) is 5.26 Å². The molecule has 3 fully saturated rings. The summed E-state index contributed by atoms with van der Waals surface area (Å²) in [4.78, 5) is 0. The molecule has 0 atom stereocenters. The SMILES string of the molecule is CCCCCC1CCC(C2CCC(C3(C#N)CCC(CCC)CC3)CC2)CC1. The molecular weight excluding hydrogens is 338 g/mol. The molecule has 0 spiro atoms. The van der Waals surface area contributed by atoms with E-state index in [0.29, 0.717) is 5.92 Å². The van der Waals surface area contributed by atoms with E-state index in [4.69, 9.17) is 0 Å². The Balaban J connectivity index is 1.41. The molecule has 28 heavy (non-hydrogen) atoms. The van der Waals surface area contributed by atoms with Crippen LogP contribution < -0.4 is 0 Å². The zero-order chi connectivity index (χ0) is 19.8. The van der Waals surface area contributed by atoms with Crippen molar-refractivity contribution >= 4 is 0 Å². The first-order valence-corrected chi connectivity index (χ1v) is 13.1. The molecule has 3 saturated carbocycles. The second-order valence-electron chi connectivity index (χ2n) is 10.9. The van der Waals surface area contributed by atoms with Crippen molar-refractivity contribution in [2.45, 2.75) is 129 Å². The van der Waals surface area contributed by atoms with Crippen LogP contribution in [-0.4, -0.2) is 0 Å². The number of hydrogen-bond acceptors (Lipinski definition) is 1. The molecule has 0 aromatic carbocycles. The lowest BCUT2D eigenvalue weighted by Gasteiger charge is -2.45. The molecule has 0 N–H and O–H groups in total. The zero-order valence-electron chi connectivity index (χ0n) is 19.1. The highest BCUT2D eigenvalue weighted by Gasteiger charge is 2.44. The number of unbranched alkanes of at least 4 members (excludes halogenated alkanes) is 2. The zero-order valence-corrected chi connectivity index (χ0v) is 19.1. The second kappa shape index (κ2) is 11.0. The van der Waals surface area contributed by atoms with Gasteiger partial charge in [-0.3, -0.25) is 0 Å². The average Bonchev–Trinajstić information content (AvgIpc) is 2.76. The van der Waals surface area contributed by atoms with Crippen LogP contribution in [-0.2, 0) is 0 Å². The van der Waals surface area contributed by atoms with Gasteiger partial charge in [-0.1, -0.05) is 65.2 Å². The molecule has 0 radical (unpaired) electrons. The van der Waals surface area contributed by atoms with Gasteiger partial charge in [-0.05, 0) is 93.8 Å². The molecule has 1 nitrogen and oxygen atoms in total. The second-order valence-corrected chi connectivity index (χ2v) is 10.9. The van der Waals surface area contributed by atoms with Crippen LogP contribution >= 0.6 is 0 Å². The molecule has 0 amide bonds. The summed E-state index contributed by atoms with van der Waals surface area (Å²) in [6.45, 7) is 4.63. The summed E-state index contributed by atoms with van der Waals surface area (Å²) in [7, 11) is 0. The quantitative estimate of drug-likeness (QED) is 0.383. The van der Waals surface area contributed by atoms with Crippen molar-refractivity contribution in [3.63, 3.8) is 0 Å². The summed E-state index contributed by atoms with van der Waals surface area (Å²) in [6.07, 6.45) is 25.1. The Hall–Kier alpha value is -0.510. The fourth-order valence-corrected chi connectivity index (χ4v) is 7.28. The van der Waals surface area contributed by atoms with E-state index in [0.717, 1.165) is 23.7 Å². The third kappa shape index (κ3) is 5.55. The van der Waals surface area contributed by atoms with Crippen LogP contribution in [0.25, 0.3) is 0 Å². The highest BCUT2D eigenvalue weighted by Crippen LogP contribution is 2.52. The van der Waals surface area contributed by atoms with Crippen molar-refractivity contribution in [1.82, 2.24) is 0 Å². The first-order valence-electron chi connectivity index (χ1n) is 13.1. The molecular formula is C27H47N. The average molecular weight is 386 g/mol. The largest absolute Gasteiger partial charge is 0.198 e. The molecule has 0 aromatic rings. The van der Waals surface area contributed by atoms with E-state index >= 15 is 0 Å². The Labute approximate surface area is 176 Å². The minimum absolute atomic E-state index is 0.0478. The van der Waals surface area contributed by atoms with Gasteiger partial charge >= 0.3 is 0 Å². The van der Waals surface area contributed by atoms with Crippen LogP contribution in [0.1, 0.15) is 129 Å². The lowest BCUT2D eigenvalue weighted by Crippen LogP contribution is -2.37. The van der Waals surface area contributed by atoms with Crippen LogP contribution in [0.5, 0.6) is 0 Å². The fourth-order valence-electron chi connectivity index (χ4n) is 7.28. The van der Waals surface area contributed by atoms with Crippen LogP contribution in [0.4, 0.5) is 0 Å². The third-order valence-corrected chi connectivity index (χ3v) is 9.24. The number of hydrogen-bond donors (Lipinski definition) is 0. The normalized spacial score (nSPS) is 39.4. The van der Waals surface area contributed by atoms with Gasteiger partial charge in [0.25, 0.3) is 0 Å². The maximum Gasteiger partial charge on any atom is 0.0692 e. The summed E-state index contributed by atoms with van der Waals surface area (Å²) in [5, 5.41) is 10.1. The van der Waals surface area contributed by atoms with E-state index in [1.165, 1.54) is 116 Å². The van der Waals surface area contributed by atoms with Crippen molar-refractivity contribution in [2.24, 2.45) is 35.0 Å². The van der Waals surface area contributed by atoms with Crippen molar-refractivity contribution in [2.75, 3.05) is 0 Å². The maximum atomic E-state index is 10.1. The van der Waals surface area contributed by atoms with Gasteiger partial charge in [-0.25, -0.2) is 0 Å². The highest BCUT2D eigenvalue weighted by atomic mass is 14.5. The van der Waals surface area contributed by atoms with Crippen LogP contribution in [0.3, 0.4) is 0 Å². The Morgan fingerprint density at radius 3 is 1.79 bits per heavy atom. The van der Waals surface area contributed by atoms with Crippen LogP contribution in [0, 0.1) is 46.3 Å². The molecule has 0 aliphatic heterocycles. The smallest absolute Gasteiger partial charge is 0.0692 e. The van der Waals surface area contributed by atoms with Crippen molar-refractivity contribution < 1.29 is 0 Å². The molecule has 0 saturated heterocycles. The van der Waals surface area contributed by atoms with Gasteiger partial charge in [0.1, 0.15) is 0 Å². The summed E-state index contributed by atoms with van der Waals surface area (Å²) in [5.41, 5.74) is 0.0478. The van der Waals surface area contributed by atoms with Crippen molar-refractivity contribution in [1.29, 1.82) is 5.26 Å². The monoisotopic (exact) mass is 385 g/mol. The molecule has 3 rings (SSSR count). The first-order chi connectivity index (χ1) is 13.7. The van der Waals surface area contributed by atoms with Crippen molar-refractivity contribution in [3.8, 4) is 6.07 Å². The van der Waals surface area contributed by atoms with Gasteiger partial charge in [-0.2, -0.15) is 5.26 Å². The Morgan fingerprint density at radius 2 is 1.25 bits per heavy atom. The lowest BCUT2D eigenvalue weighted by atomic mass is 9.58. The Morgan fingerprint density at radius 1 is 0.679 bits per heavy atom. The molecule has 160 valence electrons. The molecule has 3 aliphatic rings. The summed E-state index contributed by atoms with van der Waals surface area (Å²) < 4.78 is 0. The van der Waals surface area contributed by atoms with E-state index in [1.54, 1.807) is 0 Å². The molecule has 0 bridgehead atoms. The van der Waals surface area contributed by atoms with Crippen LogP contribution in [0.15, 0.2) is 0 Å². The summed E-state index contributed by atoms with van der Waals surface area (Å²) >= 11 is 0. The highest BCUT2D eigenvalue weighted by molar-refractivity contribution is 5.06. The first kappa shape index (κ1) is 22.2. The van der Waals surface area contributed by atoms with E-state index in [-0.39, 0.29) is 5.41 Å². The van der Waals surface area contributed by atoms with Gasteiger partial charge in [0.15, 0.2) is 0 Å². The van der Waals surface area contributed by atoms with Crippen molar-refractivity contribution in [3.05, 3.63) is 0 Å². The maximum absolute atomic E-state index is 10.1. The predicted octanol–water partition coefficient (Wildman–Crippen LogP) is 8.68. The van der Waals surface area contributed by atoms with E-state index in [2.05, 4.69) is 19.9 Å². The molecule has 1 heteroatoms. The van der Waals surface area contributed by atoms with Gasteiger partial charge in [0.05, 0.1) is 11.5 Å². The summed E-state index contributed by atoms with van der Waals surface area (Å²) in [6, 6.07) is 2.87. The van der Waals surface area contributed by atoms with Gasteiger partial charge in [0, 0.05) is 0 Å². The van der Waals surface area contributed by atoms with Gasteiger partial charge in [0.2, 0.25) is 0 Å². The van der Waals surface area contributed by atoms with Crippen LogP contribution in [0.2, 0.25) is 0 Å². The standard InChI is InChI=1S/C27H47N/c1-3-5-6-8-23-9-11-24(12-10-23)25-13-15-26(16-14-25)27(21-28)19-17-22(7-4-2)18-20-27/h22-26H,3-20H2,1-2H3. The van der Waals surface area contributed by atoms with E-state index in [1.807, 2.05) is 0 Å². The minimum atomic E-state index is 0.0478. The van der Waals surface area contributed by atoms with Gasteiger partial charge < -0.3 is 0 Å². The number of nitrogens with zero attached hydrogens (tertiary/aromatic N) is 1. The third-order valence-electron chi connectivity index (χ3n) is 9.24. The number of rotatable bonds is 8. The predicted molar refractivity (Wildman–Crippen MR) is 120 cm³/mol. The Kier molecular flexibility index (Phi) is 8.74. The fraction of sp³-hybridized carbons (Fsp3) is 0.963. The summed E-state index contributed by atoms with van der Waals surface area (Å²) in [5.74, 6) is 4.66. The van der Waals surface area contributed by atoms with E-state index < -0.39 is 0 Å². The molecule has 3 aliphatic carbocycles.